The van der Waals surface area contributed by atoms with Gasteiger partial charge in [-0.1, -0.05) is 31.5 Å². The highest BCUT2D eigenvalue weighted by Gasteiger charge is 2.68. The molecule has 2 aliphatic heterocycles. The summed E-state index contributed by atoms with van der Waals surface area (Å²) in [6, 6.07) is 5.88. The maximum atomic E-state index is 11.8. The predicted molar refractivity (Wildman–Crippen MR) is 131 cm³/mol. The van der Waals surface area contributed by atoms with Gasteiger partial charge in [-0.05, 0) is 70.2 Å². The molecule has 5 N–H and O–H groups in total. The van der Waals surface area contributed by atoms with Crippen molar-refractivity contribution >= 4 is 0 Å². The summed E-state index contributed by atoms with van der Waals surface area (Å²) in [5.41, 5.74) is 2.19. The van der Waals surface area contributed by atoms with Gasteiger partial charge in [0, 0.05) is 12.3 Å². The zero-order valence-corrected chi connectivity index (χ0v) is 21.6. The molecule has 8 nitrogen and oxygen atoms in total. The fourth-order valence-electron chi connectivity index (χ4n) is 6.24. The molecule has 0 bridgehead atoms. The summed E-state index contributed by atoms with van der Waals surface area (Å²) in [6.45, 7) is 7.94. The Morgan fingerprint density at radius 3 is 2.43 bits per heavy atom. The summed E-state index contributed by atoms with van der Waals surface area (Å²) in [6.07, 6.45) is -1.65. The molecule has 8 heteroatoms. The number of nitrogens with one attached hydrogen (secondary N) is 1. The number of hydrogen-bond donors (Lipinski definition) is 5. The number of likely N-dealkylation sites (N-methyl/N-ethyl adjacent to an activating group) is 1. The molecule has 198 valence electrons. The zero-order chi connectivity index (χ0) is 25.5. The van der Waals surface area contributed by atoms with Crippen molar-refractivity contribution in [3.63, 3.8) is 0 Å². The van der Waals surface area contributed by atoms with E-state index in [4.69, 9.17) is 14.2 Å². The molecule has 3 aliphatic rings. The molecule has 0 radical (unpaired) electrons. The van der Waals surface area contributed by atoms with Crippen molar-refractivity contribution in [1.29, 1.82) is 0 Å². The number of hydrogen-bond acceptors (Lipinski definition) is 8. The van der Waals surface area contributed by atoms with Gasteiger partial charge in [0.15, 0.2) is 0 Å². The summed E-state index contributed by atoms with van der Waals surface area (Å²) in [5, 5.41) is 48.4. The quantitative estimate of drug-likeness (QED) is 0.364. The molecule has 1 saturated carbocycles. The van der Waals surface area contributed by atoms with E-state index < -0.39 is 54.1 Å². The summed E-state index contributed by atoms with van der Waals surface area (Å²) in [7, 11) is 1.70. The molecule has 1 aromatic rings. The maximum Gasteiger partial charge on any atom is 0.248 e. The van der Waals surface area contributed by atoms with Crippen LogP contribution >= 0.6 is 0 Å². The summed E-state index contributed by atoms with van der Waals surface area (Å²) in [4.78, 5) is 0. The normalized spacial score (nSPS) is 43.5. The molecule has 2 heterocycles. The third kappa shape index (κ3) is 4.80. The molecule has 1 aromatic carbocycles. The van der Waals surface area contributed by atoms with Crippen LogP contribution in [0.4, 0.5) is 0 Å². The van der Waals surface area contributed by atoms with Gasteiger partial charge in [0.1, 0.15) is 17.8 Å². The van der Waals surface area contributed by atoms with Crippen LogP contribution in [0.25, 0.3) is 0 Å². The van der Waals surface area contributed by atoms with Crippen molar-refractivity contribution in [2.75, 3.05) is 7.05 Å². The standard InChI is InChI=1S/C27H43NO7/c1-6-19-21(29)20(28-5)23-24(22(19)30)34-25-27(32,35-23)26(31,14-17(4)33-25)12-8-7-9-18-11-10-15(2)16(3)13-18/h10-11,13,17,19-25,28-32H,6-9,12,14H2,1-5H3/t17-,19-,20+,21+,22+,23-,24-,25+,26+,27-/m1/s1. The molecule has 10 atom stereocenters. The predicted octanol–water partition coefficient (Wildman–Crippen LogP) is 1.70. The molecule has 0 spiro atoms. The fourth-order valence-corrected chi connectivity index (χ4v) is 6.24. The fraction of sp³-hybridized carbons (Fsp3) is 0.778. The number of benzene rings is 1. The molecule has 0 amide bonds. The van der Waals surface area contributed by atoms with Crippen LogP contribution in [-0.2, 0) is 20.6 Å². The van der Waals surface area contributed by atoms with Crippen LogP contribution in [-0.4, -0.2) is 81.7 Å². The number of unbranched alkanes of at least 4 members (excludes halogenated alkanes) is 1. The van der Waals surface area contributed by atoms with E-state index in [-0.39, 0.29) is 12.5 Å². The van der Waals surface area contributed by atoms with Crippen molar-refractivity contribution in [2.24, 2.45) is 5.92 Å². The van der Waals surface area contributed by atoms with E-state index in [0.717, 1.165) is 12.8 Å². The lowest BCUT2D eigenvalue weighted by Crippen LogP contribution is -2.78. The maximum absolute atomic E-state index is 11.8. The number of ether oxygens (including phenoxy) is 3. The van der Waals surface area contributed by atoms with E-state index in [1.54, 1.807) is 7.05 Å². The second kappa shape index (κ2) is 10.3. The van der Waals surface area contributed by atoms with E-state index in [2.05, 4.69) is 37.4 Å². The highest BCUT2D eigenvalue weighted by molar-refractivity contribution is 5.29. The minimum atomic E-state index is -2.12. The first kappa shape index (κ1) is 26.9. The van der Waals surface area contributed by atoms with Gasteiger partial charge in [-0.2, -0.15) is 0 Å². The second-order valence-corrected chi connectivity index (χ2v) is 10.9. The van der Waals surface area contributed by atoms with Gasteiger partial charge >= 0.3 is 0 Å². The molecular formula is C27H43NO7. The minimum Gasteiger partial charge on any atom is -0.391 e. The lowest BCUT2D eigenvalue weighted by atomic mass is 9.73. The average molecular weight is 494 g/mol. The highest BCUT2D eigenvalue weighted by Crippen LogP contribution is 2.49. The van der Waals surface area contributed by atoms with Gasteiger partial charge in [-0.25, -0.2) is 0 Å². The first-order valence-corrected chi connectivity index (χ1v) is 13.1. The van der Waals surface area contributed by atoms with Crippen LogP contribution < -0.4 is 5.32 Å². The van der Waals surface area contributed by atoms with Crippen molar-refractivity contribution in [2.45, 2.75) is 120 Å². The van der Waals surface area contributed by atoms with E-state index in [1.807, 2.05) is 13.8 Å². The van der Waals surface area contributed by atoms with E-state index in [9.17, 15) is 20.4 Å². The smallest absolute Gasteiger partial charge is 0.248 e. The summed E-state index contributed by atoms with van der Waals surface area (Å²) >= 11 is 0. The van der Waals surface area contributed by atoms with Crippen LogP contribution in [0.5, 0.6) is 0 Å². The molecule has 0 unspecified atom stereocenters. The molecule has 4 rings (SSSR count). The molecule has 2 saturated heterocycles. The molecular weight excluding hydrogens is 450 g/mol. The van der Waals surface area contributed by atoms with Crippen LogP contribution in [0.3, 0.4) is 0 Å². The second-order valence-electron chi connectivity index (χ2n) is 10.9. The van der Waals surface area contributed by atoms with Gasteiger partial charge in [0.2, 0.25) is 12.1 Å². The third-order valence-corrected chi connectivity index (χ3v) is 8.51. The van der Waals surface area contributed by atoms with Gasteiger partial charge in [-0.15, -0.1) is 0 Å². The summed E-state index contributed by atoms with van der Waals surface area (Å²) in [5.74, 6) is -2.52. The number of aliphatic hydroxyl groups excluding tert-OH is 2. The van der Waals surface area contributed by atoms with Crippen molar-refractivity contribution < 1.29 is 34.6 Å². The Kier molecular flexibility index (Phi) is 7.96. The number of aryl methyl sites for hydroxylation is 3. The van der Waals surface area contributed by atoms with Gasteiger partial charge in [0.05, 0.1) is 24.4 Å². The number of fused-ring (bicyclic) bond motifs is 2. The van der Waals surface area contributed by atoms with Gasteiger partial charge in [0.25, 0.3) is 0 Å². The first-order valence-electron chi connectivity index (χ1n) is 13.1. The first-order chi connectivity index (χ1) is 16.5. The van der Waals surface area contributed by atoms with Crippen molar-refractivity contribution in [1.82, 2.24) is 5.32 Å². The largest absolute Gasteiger partial charge is 0.391 e. The van der Waals surface area contributed by atoms with E-state index in [0.29, 0.717) is 19.3 Å². The van der Waals surface area contributed by atoms with E-state index >= 15 is 0 Å². The van der Waals surface area contributed by atoms with Crippen LogP contribution in [0, 0.1) is 19.8 Å². The molecule has 0 aromatic heterocycles. The monoisotopic (exact) mass is 493 g/mol. The SMILES string of the molecule is CC[C@@H]1[C@H](O)[C@H](NC)[C@H]2O[C@]3(O)[C@H](O[C@@H]2[C@H]1O)O[C@H](C)C[C@@]3(O)CCCCc1ccc(C)c(C)c1. The Bertz CT molecular complexity index is 883. The number of aliphatic hydroxyl groups is 4. The minimum absolute atomic E-state index is 0.192. The lowest BCUT2D eigenvalue weighted by molar-refractivity contribution is -0.485. The number of rotatable bonds is 7. The highest BCUT2D eigenvalue weighted by atomic mass is 16.8. The zero-order valence-electron chi connectivity index (χ0n) is 21.6. The van der Waals surface area contributed by atoms with Gasteiger partial charge in [-0.3, -0.25) is 0 Å². The molecule has 1 aliphatic carbocycles. The Balaban J connectivity index is 1.50. The Hall–Kier alpha value is -1.10. The van der Waals surface area contributed by atoms with Gasteiger partial charge < -0.3 is 40.0 Å². The molecule has 3 fully saturated rings. The Labute approximate surface area is 208 Å². The van der Waals surface area contributed by atoms with E-state index in [1.165, 1.54) is 16.7 Å². The summed E-state index contributed by atoms with van der Waals surface area (Å²) < 4.78 is 18.2. The Morgan fingerprint density at radius 1 is 1.03 bits per heavy atom. The van der Waals surface area contributed by atoms with Crippen molar-refractivity contribution in [3.8, 4) is 0 Å². The molecule has 35 heavy (non-hydrogen) atoms. The topological polar surface area (TPSA) is 121 Å². The third-order valence-electron chi connectivity index (χ3n) is 8.51. The average Bonchev–Trinajstić information content (AvgIpc) is 2.80. The lowest BCUT2D eigenvalue weighted by Gasteiger charge is -2.60. The Morgan fingerprint density at radius 2 is 1.77 bits per heavy atom. The van der Waals surface area contributed by atoms with Crippen LogP contribution in [0.2, 0.25) is 0 Å². The van der Waals surface area contributed by atoms with Crippen LogP contribution in [0.15, 0.2) is 18.2 Å². The van der Waals surface area contributed by atoms with Crippen LogP contribution in [0.1, 0.15) is 62.6 Å². The van der Waals surface area contributed by atoms with Crippen molar-refractivity contribution in [3.05, 3.63) is 34.9 Å².